The van der Waals surface area contributed by atoms with Crippen molar-refractivity contribution >= 4 is 23.2 Å². The molecule has 114 valence electrons. The molecule has 21 heavy (non-hydrogen) atoms. The molecule has 1 aromatic heterocycles. The monoisotopic (exact) mass is 325 g/mol. The van der Waals surface area contributed by atoms with Gasteiger partial charge in [-0.25, -0.2) is 0 Å². The van der Waals surface area contributed by atoms with Gasteiger partial charge in [-0.3, -0.25) is 4.68 Å². The fourth-order valence-electron chi connectivity index (χ4n) is 2.39. The lowest BCUT2D eigenvalue weighted by Gasteiger charge is -2.21. The number of nitrogens with one attached hydrogen (secondary N) is 1. The van der Waals surface area contributed by atoms with E-state index in [1.807, 2.05) is 29.9 Å². The third-order valence-electron chi connectivity index (χ3n) is 3.52. The lowest BCUT2D eigenvalue weighted by atomic mass is 10.0. The lowest BCUT2D eigenvalue weighted by molar-refractivity contribution is 0.553. The fourth-order valence-corrected chi connectivity index (χ4v) is 2.81. The van der Waals surface area contributed by atoms with Crippen molar-refractivity contribution in [2.24, 2.45) is 7.05 Å². The predicted octanol–water partition coefficient (Wildman–Crippen LogP) is 4.38. The SMILES string of the molecule is CCCNC(c1cccc(Cl)c1Cl)c1cc(CC)nn1C. The molecule has 3 nitrogen and oxygen atoms in total. The van der Waals surface area contributed by atoms with Gasteiger partial charge in [0.05, 0.1) is 27.5 Å². The van der Waals surface area contributed by atoms with E-state index in [1.165, 1.54) is 0 Å². The maximum absolute atomic E-state index is 6.41. The number of hydrogen-bond donors (Lipinski definition) is 1. The maximum Gasteiger partial charge on any atom is 0.0763 e. The highest BCUT2D eigenvalue weighted by Crippen LogP contribution is 2.33. The molecular formula is C16H21Cl2N3. The first-order chi connectivity index (χ1) is 10.1. The highest BCUT2D eigenvalue weighted by atomic mass is 35.5. The zero-order valence-corrected chi connectivity index (χ0v) is 14.2. The number of halogens is 2. The predicted molar refractivity (Wildman–Crippen MR) is 89.2 cm³/mol. The second-order valence-corrected chi connectivity index (χ2v) is 5.85. The number of nitrogens with zero attached hydrogens (tertiary/aromatic N) is 2. The number of rotatable bonds is 6. The van der Waals surface area contributed by atoms with Crippen LogP contribution in [0, 0.1) is 0 Å². The number of aryl methyl sites for hydroxylation is 2. The first-order valence-electron chi connectivity index (χ1n) is 7.28. The minimum absolute atomic E-state index is 0.00560. The summed E-state index contributed by atoms with van der Waals surface area (Å²) in [5.74, 6) is 0. The summed E-state index contributed by atoms with van der Waals surface area (Å²) in [7, 11) is 1.97. The lowest BCUT2D eigenvalue weighted by Crippen LogP contribution is -2.25. The summed E-state index contributed by atoms with van der Waals surface area (Å²) in [6.45, 7) is 5.15. The Bertz CT molecular complexity index is 608. The van der Waals surface area contributed by atoms with Crippen LogP contribution in [0.3, 0.4) is 0 Å². The van der Waals surface area contributed by atoms with Crippen molar-refractivity contribution in [3.05, 3.63) is 51.3 Å². The van der Waals surface area contributed by atoms with Gasteiger partial charge in [0.2, 0.25) is 0 Å². The van der Waals surface area contributed by atoms with Crippen molar-refractivity contribution in [2.75, 3.05) is 6.54 Å². The van der Waals surface area contributed by atoms with Crippen molar-refractivity contribution in [1.29, 1.82) is 0 Å². The van der Waals surface area contributed by atoms with Gasteiger partial charge in [0.15, 0.2) is 0 Å². The standard InChI is InChI=1S/C16H21Cl2N3/c1-4-9-19-16(12-7-6-8-13(17)15(12)18)14-10-11(5-2)20-21(14)3/h6-8,10,16,19H,4-5,9H2,1-3H3. The Hall–Kier alpha value is -1.03. The Labute approximate surface area is 136 Å². The van der Waals surface area contributed by atoms with Gasteiger partial charge < -0.3 is 5.32 Å². The van der Waals surface area contributed by atoms with Gasteiger partial charge in [-0.1, -0.05) is 49.2 Å². The van der Waals surface area contributed by atoms with Crippen LogP contribution >= 0.6 is 23.2 Å². The number of benzene rings is 1. The van der Waals surface area contributed by atoms with Gasteiger partial charge in [0, 0.05) is 7.05 Å². The van der Waals surface area contributed by atoms with Gasteiger partial charge in [0.25, 0.3) is 0 Å². The van der Waals surface area contributed by atoms with E-state index in [2.05, 4.69) is 30.3 Å². The number of aromatic nitrogens is 2. The smallest absolute Gasteiger partial charge is 0.0763 e. The summed E-state index contributed by atoms with van der Waals surface area (Å²) in [6.07, 6.45) is 1.96. The third kappa shape index (κ3) is 3.60. The molecule has 0 aliphatic rings. The Morgan fingerprint density at radius 1 is 1.29 bits per heavy atom. The minimum Gasteiger partial charge on any atom is -0.305 e. The van der Waals surface area contributed by atoms with Crippen molar-refractivity contribution in [1.82, 2.24) is 15.1 Å². The van der Waals surface area contributed by atoms with Crippen molar-refractivity contribution in [3.8, 4) is 0 Å². The topological polar surface area (TPSA) is 29.9 Å². The molecular weight excluding hydrogens is 305 g/mol. The van der Waals surface area contributed by atoms with E-state index in [0.717, 1.165) is 36.3 Å². The van der Waals surface area contributed by atoms with E-state index in [0.29, 0.717) is 10.0 Å². The zero-order chi connectivity index (χ0) is 15.4. The molecule has 0 amide bonds. The summed E-state index contributed by atoms with van der Waals surface area (Å²) < 4.78 is 1.92. The normalized spacial score (nSPS) is 12.6. The maximum atomic E-state index is 6.41. The minimum atomic E-state index is -0.00560. The first-order valence-corrected chi connectivity index (χ1v) is 8.04. The van der Waals surface area contributed by atoms with Crippen molar-refractivity contribution < 1.29 is 0 Å². The molecule has 0 saturated heterocycles. The molecule has 5 heteroatoms. The highest BCUT2D eigenvalue weighted by Gasteiger charge is 2.21. The van der Waals surface area contributed by atoms with Gasteiger partial charge in [-0.15, -0.1) is 0 Å². The quantitative estimate of drug-likeness (QED) is 0.854. The fraction of sp³-hybridized carbons (Fsp3) is 0.438. The highest BCUT2D eigenvalue weighted by molar-refractivity contribution is 6.42. The Morgan fingerprint density at radius 2 is 2.05 bits per heavy atom. The summed E-state index contributed by atoms with van der Waals surface area (Å²) in [4.78, 5) is 0. The zero-order valence-electron chi connectivity index (χ0n) is 12.7. The van der Waals surface area contributed by atoms with Crippen molar-refractivity contribution in [2.45, 2.75) is 32.7 Å². The largest absolute Gasteiger partial charge is 0.305 e. The van der Waals surface area contributed by atoms with Crippen LogP contribution < -0.4 is 5.32 Å². The molecule has 2 rings (SSSR count). The molecule has 0 fully saturated rings. The third-order valence-corrected chi connectivity index (χ3v) is 4.35. The van der Waals surface area contributed by atoms with E-state index in [9.17, 15) is 0 Å². The first kappa shape index (κ1) is 16.3. The van der Waals surface area contributed by atoms with E-state index in [1.54, 1.807) is 0 Å². The average Bonchev–Trinajstić information content (AvgIpc) is 2.85. The van der Waals surface area contributed by atoms with Gasteiger partial charge in [-0.05, 0) is 37.1 Å². The van der Waals surface area contributed by atoms with E-state index in [4.69, 9.17) is 23.2 Å². The van der Waals surface area contributed by atoms with E-state index in [-0.39, 0.29) is 6.04 Å². The molecule has 0 radical (unpaired) electrons. The van der Waals surface area contributed by atoms with Gasteiger partial charge in [0.1, 0.15) is 0 Å². The van der Waals surface area contributed by atoms with Gasteiger partial charge in [-0.2, -0.15) is 5.10 Å². The van der Waals surface area contributed by atoms with E-state index >= 15 is 0 Å². The average molecular weight is 326 g/mol. The summed E-state index contributed by atoms with van der Waals surface area (Å²) >= 11 is 12.6. The van der Waals surface area contributed by atoms with Crippen LogP contribution in [0.2, 0.25) is 10.0 Å². The molecule has 1 N–H and O–H groups in total. The molecule has 0 saturated carbocycles. The molecule has 0 aliphatic heterocycles. The van der Waals surface area contributed by atoms with Crippen LogP contribution in [0.5, 0.6) is 0 Å². The molecule has 0 spiro atoms. The van der Waals surface area contributed by atoms with E-state index < -0.39 is 0 Å². The second-order valence-electron chi connectivity index (χ2n) is 5.07. The van der Waals surface area contributed by atoms with Gasteiger partial charge >= 0.3 is 0 Å². The summed E-state index contributed by atoms with van der Waals surface area (Å²) in [5.41, 5.74) is 3.17. The molecule has 1 heterocycles. The second kappa shape index (κ2) is 7.30. The van der Waals surface area contributed by atoms with Crippen LogP contribution in [0.25, 0.3) is 0 Å². The molecule has 1 unspecified atom stereocenters. The van der Waals surface area contributed by atoms with Crippen LogP contribution in [-0.2, 0) is 13.5 Å². The Balaban J connectivity index is 2.47. The molecule has 1 aromatic carbocycles. The van der Waals surface area contributed by atoms with Crippen LogP contribution in [0.15, 0.2) is 24.3 Å². The summed E-state index contributed by atoms with van der Waals surface area (Å²) in [6, 6.07) is 7.88. The molecule has 0 bridgehead atoms. The van der Waals surface area contributed by atoms with Crippen LogP contribution in [-0.4, -0.2) is 16.3 Å². The van der Waals surface area contributed by atoms with Crippen LogP contribution in [0.4, 0.5) is 0 Å². The molecule has 2 aromatic rings. The molecule has 0 aliphatic carbocycles. The van der Waals surface area contributed by atoms with Crippen molar-refractivity contribution in [3.63, 3.8) is 0 Å². The Kier molecular flexibility index (Phi) is 5.68. The summed E-state index contributed by atoms with van der Waals surface area (Å²) in [5, 5.41) is 9.26. The van der Waals surface area contributed by atoms with Crippen LogP contribution in [0.1, 0.15) is 43.3 Å². The molecule has 1 atom stereocenters. The Morgan fingerprint density at radius 3 is 2.67 bits per heavy atom. The number of hydrogen-bond acceptors (Lipinski definition) is 2.